The van der Waals surface area contributed by atoms with E-state index in [-0.39, 0.29) is 5.91 Å². The summed E-state index contributed by atoms with van der Waals surface area (Å²) in [6.07, 6.45) is 3.29. The molecular weight excluding hydrogens is 371 g/mol. The molecule has 5 nitrogen and oxygen atoms in total. The Balaban J connectivity index is 1.73. The highest BCUT2D eigenvalue weighted by Gasteiger charge is 2.14. The average molecular weight is 387 g/mol. The largest absolute Gasteiger partial charge is 0.337 e. The van der Waals surface area contributed by atoms with Gasteiger partial charge in [-0.05, 0) is 42.0 Å². The molecule has 1 N–H and O–H groups in total. The minimum Gasteiger partial charge on any atom is -0.337 e. The molecule has 0 radical (unpaired) electrons. The van der Waals surface area contributed by atoms with Crippen molar-refractivity contribution >= 4 is 40.7 Å². The molecule has 1 amide bonds. The van der Waals surface area contributed by atoms with Gasteiger partial charge in [-0.3, -0.25) is 4.79 Å². The van der Waals surface area contributed by atoms with Crippen molar-refractivity contribution in [1.29, 1.82) is 0 Å². The molecule has 0 aliphatic rings. The second kappa shape index (κ2) is 8.17. The van der Waals surface area contributed by atoms with Crippen molar-refractivity contribution in [3.63, 3.8) is 0 Å². The second-order valence-electron chi connectivity index (χ2n) is 5.68. The maximum absolute atomic E-state index is 12.7. The molecule has 3 rings (SSSR count). The SMILES string of the molecule is CN(Cc1ccc(Cl)cc1Cl)C(=O)c1cccc(Nc2ncccn2)c1. The number of hydrogen-bond acceptors (Lipinski definition) is 4. The van der Waals surface area contributed by atoms with Crippen LogP contribution < -0.4 is 5.32 Å². The highest BCUT2D eigenvalue weighted by Crippen LogP contribution is 2.23. The van der Waals surface area contributed by atoms with E-state index in [1.807, 2.05) is 18.2 Å². The summed E-state index contributed by atoms with van der Waals surface area (Å²) >= 11 is 12.1. The molecule has 7 heteroatoms. The molecule has 0 aliphatic heterocycles. The quantitative estimate of drug-likeness (QED) is 0.683. The van der Waals surface area contributed by atoms with Crippen LogP contribution in [0.4, 0.5) is 11.6 Å². The molecule has 0 spiro atoms. The van der Waals surface area contributed by atoms with Gasteiger partial charge in [0.25, 0.3) is 5.91 Å². The van der Waals surface area contributed by atoms with Crippen molar-refractivity contribution in [3.8, 4) is 0 Å². The first-order valence-corrected chi connectivity index (χ1v) is 8.62. The fourth-order valence-electron chi connectivity index (χ4n) is 2.42. The lowest BCUT2D eigenvalue weighted by atomic mass is 10.1. The lowest BCUT2D eigenvalue weighted by Crippen LogP contribution is -2.26. The number of carbonyl (C=O) groups excluding carboxylic acids is 1. The van der Waals surface area contributed by atoms with E-state index in [1.165, 1.54) is 0 Å². The van der Waals surface area contributed by atoms with Crippen LogP contribution in [0, 0.1) is 0 Å². The number of hydrogen-bond donors (Lipinski definition) is 1. The lowest BCUT2D eigenvalue weighted by Gasteiger charge is -2.18. The third-order valence-corrected chi connectivity index (χ3v) is 4.29. The number of anilines is 2. The van der Waals surface area contributed by atoms with Crippen molar-refractivity contribution in [3.05, 3.63) is 82.1 Å². The Morgan fingerprint density at radius 3 is 2.58 bits per heavy atom. The van der Waals surface area contributed by atoms with E-state index in [2.05, 4.69) is 15.3 Å². The van der Waals surface area contributed by atoms with Gasteiger partial charge in [0, 0.05) is 47.3 Å². The van der Waals surface area contributed by atoms with Crippen LogP contribution in [-0.2, 0) is 6.54 Å². The van der Waals surface area contributed by atoms with Gasteiger partial charge in [-0.1, -0.05) is 35.3 Å². The Labute approximate surface area is 161 Å². The number of carbonyl (C=O) groups is 1. The summed E-state index contributed by atoms with van der Waals surface area (Å²) in [5.74, 6) is 0.354. The molecule has 0 saturated carbocycles. The van der Waals surface area contributed by atoms with Gasteiger partial charge in [0.2, 0.25) is 5.95 Å². The van der Waals surface area contributed by atoms with Gasteiger partial charge in [-0.2, -0.15) is 0 Å². The van der Waals surface area contributed by atoms with E-state index >= 15 is 0 Å². The molecule has 2 aromatic carbocycles. The smallest absolute Gasteiger partial charge is 0.253 e. The van der Waals surface area contributed by atoms with Crippen LogP contribution in [-0.4, -0.2) is 27.8 Å². The minimum atomic E-state index is -0.117. The molecule has 0 aliphatic carbocycles. The summed E-state index contributed by atoms with van der Waals surface area (Å²) in [4.78, 5) is 22.6. The molecule has 26 heavy (non-hydrogen) atoms. The van der Waals surface area contributed by atoms with Crippen LogP contribution in [0.25, 0.3) is 0 Å². The highest BCUT2D eigenvalue weighted by molar-refractivity contribution is 6.35. The number of amides is 1. The Kier molecular flexibility index (Phi) is 5.71. The Morgan fingerprint density at radius 1 is 1.08 bits per heavy atom. The summed E-state index contributed by atoms with van der Waals surface area (Å²) in [7, 11) is 1.73. The Morgan fingerprint density at radius 2 is 1.85 bits per heavy atom. The minimum absolute atomic E-state index is 0.117. The predicted octanol–water partition coefficient (Wildman–Crippen LogP) is 4.80. The first-order chi connectivity index (χ1) is 12.5. The fourth-order valence-corrected chi connectivity index (χ4v) is 2.89. The molecule has 0 atom stereocenters. The zero-order valence-corrected chi connectivity index (χ0v) is 15.5. The van der Waals surface area contributed by atoms with Crippen molar-refractivity contribution < 1.29 is 4.79 Å². The van der Waals surface area contributed by atoms with Gasteiger partial charge < -0.3 is 10.2 Å². The maximum Gasteiger partial charge on any atom is 0.253 e. The van der Waals surface area contributed by atoms with E-state index in [0.717, 1.165) is 11.3 Å². The van der Waals surface area contributed by atoms with Gasteiger partial charge in [0.05, 0.1) is 0 Å². The van der Waals surface area contributed by atoms with Crippen LogP contribution >= 0.6 is 23.2 Å². The lowest BCUT2D eigenvalue weighted by molar-refractivity contribution is 0.0785. The van der Waals surface area contributed by atoms with Crippen molar-refractivity contribution in [2.45, 2.75) is 6.54 Å². The molecule has 0 fully saturated rings. The summed E-state index contributed by atoms with van der Waals surface area (Å²) in [6.45, 7) is 0.383. The first-order valence-electron chi connectivity index (χ1n) is 7.86. The van der Waals surface area contributed by atoms with Crippen LogP contribution in [0.2, 0.25) is 10.0 Å². The fraction of sp³-hybridized carbons (Fsp3) is 0.105. The van der Waals surface area contributed by atoms with E-state index in [0.29, 0.717) is 28.1 Å². The molecule has 132 valence electrons. The zero-order chi connectivity index (χ0) is 18.5. The Hall–Kier alpha value is -2.63. The van der Waals surface area contributed by atoms with Crippen molar-refractivity contribution in [2.75, 3.05) is 12.4 Å². The van der Waals surface area contributed by atoms with Gasteiger partial charge in [-0.25, -0.2) is 9.97 Å². The van der Waals surface area contributed by atoms with Gasteiger partial charge in [0.15, 0.2) is 0 Å². The van der Waals surface area contributed by atoms with E-state index in [9.17, 15) is 4.79 Å². The standard InChI is InChI=1S/C19H16Cl2N4O/c1-25(12-14-6-7-15(20)11-17(14)21)18(26)13-4-2-5-16(10-13)24-19-22-8-3-9-23-19/h2-11H,12H2,1H3,(H,22,23,24). The molecule has 1 heterocycles. The van der Waals surface area contributed by atoms with Gasteiger partial charge in [-0.15, -0.1) is 0 Å². The van der Waals surface area contributed by atoms with E-state index in [1.54, 1.807) is 54.7 Å². The van der Waals surface area contributed by atoms with E-state index < -0.39 is 0 Å². The summed E-state index contributed by atoms with van der Waals surface area (Å²) < 4.78 is 0. The average Bonchev–Trinajstić information content (AvgIpc) is 2.64. The van der Waals surface area contributed by atoms with Crippen LogP contribution in [0.5, 0.6) is 0 Å². The van der Waals surface area contributed by atoms with Gasteiger partial charge in [0.1, 0.15) is 0 Å². The number of nitrogens with zero attached hydrogens (tertiary/aromatic N) is 3. The summed E-state index contributed by atoms with van der Waals surface area (Å²) in [5.41, 5.74) is 2.12. The molecule has 0 bridgehead atoms. The third kappa shape index (κ3) is 4.50. The molecule has 0 saturated heterocycles. The summed E-state index contributed by atoms with van der Waals surface area (Å²) in [5, 5.41) is 4.17. The predicted molar refractivity (Wildman–Crippen MR) is 104 cm³/mol. The van der Waals surface area contributed by atoms with E-state index in [4.69, 9.17) is 23.2 Å². The van der Waals surface area contributed by atoms with Crippen LogP contribution in [0.1, 0.15) is 15.9 Å². The number of nitrogens with one attached hydrogen (secondary N) is 1. The third-order valence-electron chi connectivity index (χ3n) is 3.70. The number of halogens is 2. The van der Waals surface area contributed by atoms with Gasteiger partial charge >= 0.3 is 0 Å². The molecule has 3 aromatic rings. The Bertz CT molecular complexity index is 918. The van der Waals surface area contributed by atoms with Crippen LogP contribution in [0.15, 0.2) is 60.9 Å². The maximum atomic E-state index is 12.7. The monoisotopic (exact) mass is 386 g/mol. The highest BCUT2D eigenvalue weighted by atomic mass is 35.5. The topological polar surface area (TPSA) is 58.1 Å². The first kappa shape index (κ1) is 18.2. The molecule has 1 aromatic heterocycles. The normalized spacial score (nSPS) is 10.4. The van der Waals surface area contributed by atoms with Crippen LogP contribution in [0.3, 0.4) is 0 Å². The second-order valence-corrected chi connectivity index (χ2v) is 6.52. The number of benzene rings is 2. The molecule has 0 unspecified atom stereocenters. The zero-order valence-electron chi connectivity index (χ0n) is 14.0. The number of rotatable bonds is 5. The summed E-state index contributed by atoms with van der Waals surface area (Å²) in [6, 6.07) is 14.2. The molecular formula is C19H16Cl2N4O. The van der Waals surface area contributed by atoms with Crippen molar-refractivity contribution in [1.82, 2.24) is 14.9 Å². The number of aromatic nitrogens is 2. The van der Waals surface area contributed by atoms with Crippen molar-refractivity contribution in [2.24, 2.45) is 0 Å².